The van der Waals surface area contributed by atoms with E-state index in [2.05, 4.69) is 0 Å². The molecule has 8 aromatic rings. The second-order valence-corrected chi connectivity index (χ2v) is 12.6. The van der Waals surface area contributed by atoms with Gasteiger partial charge in [-0.3, -0.25) is 0 Å². The predicted molar refractivity (Wildman–Crippen MR) is 221 cm³/mol. The zero-order valence-electron chi connectivity index (χ0n) is 30.5. The van der Waals surface area contributed by atoms with E-state index >= 15 is 0 Å². The van der Waals surface area contributed by atoms with Crippen LogP contribution in [0, 0.1) is 0 Å². The molecule has 0 aliphatic heterocycles. The van der Waals surface area contributed by atoms with Gasteiger partial charge in [-0.15, -0.1) is 0 Å². The van der Waals surface area contributed by atoms with Gasteiger partial charge in [-0.05, 0) is 121 Å². The third kappa shape index (κ3) is 9.37. The van der Waals surface area contributed by atoms with Crippen LogP contribution in [0.4, 0.5) is 11.4 Å². The minimum absolute atomic E-state index is 0.539. The molecule has 0 saturated carbocycles. The minimum Gasteiger partial charge on any atom is -0.457 e. The molecule has 0 heterocycles. The highest BCUT2D eigenvalue weighted by Crippen LogP contribution is 2.39. The lowest BCUT2D eigenvalue weighted by Gasteiger charge is -2.14. The molecule has 9 heteroatoms. The van der Waals surface area contributed by atoms with Crippen LogP contribution in [0.15, 0.2) is 194 Å². The zero-order chi connectivity index (χ0) is 38.8. The van der Waals surface area contributed by atoms with Crippen molar-refractivity contribution in [2.24, 2.45) is 0 Å². The van der Waals surface area contributed by atoms with E-state index in [0.717, 1.165) is 0 Å². The highest BCUT2D eigenvalue weighted by atomic mass is 16.5. The summed E-state index contributed by atoms with van der Waals surface area (Å²) >= 11 is 0. The Morgan fingerprint density at radius 2 is 0.474 bits per heavy atom. The summed E-state index contributed by atoms with van der Waals surface area (Å²) in [4.78, 5) is 0. The number of hydrogen-bond donors (Lipinski definition) is 2. The largest absolute Gasteiger partial charge is 0.457 e. The average molecular weight is 753 g/mol. The van der Waals surface area contributed by atoms with Crippen molar-refractivity contribution in [2.45, 2.75) is 0 Å². The predicted octanol–water partition coefficient (Wildman–Crippen LogP) is 13.4. The standard InChI is InChI=1S/C48H36N2O7/c49-41-15-1-3-17-43(41)56-47-21-7-5-19-45(47)54-35-27-23-33(24-28-35)51-37-11-9-13-39(31-37)53-40-14-10-12-38(32-40)52-34-25-29-36(30-26-34)55-46-20-6-8-22-48(46)57-44-18-4-2-16-42(44)50/h1-32H,49-50H2. The third-order valence-corrected chi connectivity index (χ3v) is 8.40. The van der Waals surface area contributed by atoms with Crippen LogP contribution in [0.1, 0.15) is 0 Å². The van der Waals surface area contributed by atoms with Crippen LogP contribution in [0.5, 0.6) is 80.5 Å². The van der Waals surface area contributed by atoms with Gasteiger partial charge in [0.15, 0.2) is 34.5 Å². The monoisotopic (exact) mass is 752 g/mol. The van der Waals surface area contributed by atoms with E-state index in [1.807, 2.05) is 182 Å². The van der Waals surface area contributed by atoms with Gasteiger partial charge in [-0.2, -0.15) is 0 Å². The summed E-state index contributed by atoms with van der Waals surface area (Å²) < 4.78 is 42.8. The highest BCUT2D eigenvalue weighted by molar-refractivity contribution is 5.57. The maximum absolute atomic E-state index is 6.19. The summed E-state index contributed by atoms with van der Waals surface area (Å²) in [6.07, 6.45) is 0. The molecule has 0 radical (unpaired) electrons. The summed E-state index contributed by atoms with van der Waals surface area (Å²) in [6, 6.07) is 58.9. The Balaban J connectivity index is 0.866. The molecule has 0 aliphatic carbocycles. The first-order valence-electron chi connectivity index (χ1n) is 18.0. The number of rotatable bonds is 14. The van der Waals surface area contributed by atoms with E-state index in [9.17, 15) is 0 Å². The first-order chi connectivity index (χ1) is 28.0. The molecule has 0 aromatic heterocycles. The molecule has 0 aliphatic rings. The van der Waals surface area contributed by atoms with Crippen LogP contribution in [-0.2, 0) is 0 Å². The quantitative estimate of drug-likeness (QED) is 0.105. The van der Waals surface area contributed by atoms with Gasteiger partial charge < -0.3 is 44.6 Å². The molecular weight excluding hydrogens is 717 g/mol. The number of anilines is 2. The van der Waals surface area contributed by atoms with Gasteiger partial charge in [-0.25, -0.2) is 0 Å². The van der Waals surface area contributed by atoms with E-state index in [1.165, 1.54) is 0 Å². The fraction of sp³-hybridized carbons (Fsp3) is 0. The molecule has 0 spiro atoms. The van der Waals surface area contributed by atoms with Crippen LogP contribution >= 0.6 is 0 Å². The van der Waals surface area contributed by atoms with Crippen LogP contribution < -0.4 is 44.6 Å². The topological polar surface area (TPSA) is 117 Å². The zero-order valence-corrected chi connectivity index (χ0v) is 30.5. The minimum atomic E-state index is 0.539. The molecule has 0 fully saturated rings. The van der Waals surface area contributed by atoms with Gasteiger partial charge in [0.1, 0.15) is 46.0 Å². The highest BCUT2D eigenvalue weighted by Gasteiger charge is 2.12. The molecule has 9 nitrogen and oxygen atoms in total. The van der Waals surface area contributed by atoms with Crippen LogP contribution in [0.3, 0.4) is 0 Å². The molecule has 0 atom stereocenters. The average Bonchev–Trinajstić information content (AvgIpc) is 3.23. The maximum atomic E-state index is 6.19. The number of para-hydroxylation sites is 8. The van der Waals surface area contributed by atoms with Crippen LogP contribution in [0.2, 0.25) is 0 Å². The Kier molecular flexibility index (Phi) is 10.7. The molecule has 0 unspecified atom stereocenters. The van der Waals surface area contributed by atoms with Crippen LogP contribution in [-0.4, -0.2) is 0 Å². The summed E-state index contributed by atoms with van der Waals surface area (Å²) in [5.74, 6) is 8.20. The van der Waals surface area contributed by atoms with E-state index in [-0.39, 0.29) is 0 Å². The van der Waals surface area contributed by atoms with Crippen molar-refractivity contribution in [3.8, 4) is 80.5 Å². The fourth-order valence-corrected chi connectivity index (χ4v) is 5.64. The first-order valence-corrected chi connectivity index (χ1v) is 18.0. The van der Waals surface area contributed by atoms with E-state index < -0.39 is 0 Å². The molecular formula is C48H36N2O7. The van der Waals surface area contributed by atoms with Crippen molar-refractivity contribution in [1.29, 1.82) is 0 Å². The van der Waals surface area contributed by atoms with Gasteiger partial charge in [-0.1, -0.05) is 60.7 Å². The molecule has 4 N–H and O–H groups in total. The SMILES string of the molecule is Nc1ccccc1Oc1ccccc1Oc1ccc(Oc2cccc(Oc3cccc(Oc4ccc(Oc5ccccc5Oc5ccccc5N)cc4)c3)c2)cc1. The van der Waals surface area contributed by atoms with Crippen molar-refractivity contribution in [3.63, 3.8) is 0 Å². The normalized spacial score (nSPS) is 10.6. The first kappa shape index (κ1) is 36.0. The number of benzene rings is 8. The molecule has 8 rings (SSSR count). The molecule has 57 heavy (non-hydrogen) atoms. The number of hydrogen-bond acceptors (Lipinski definition) is 9. The van der Waals surface area contributed by atoms with Crippen LogP contribution in [0.25, 0.3) is 0 Å². The molecule has 0 saturated heterocycles. The Bertz CT molecular complexity index is 2410. The molecule has 0 bridgehead atoms. The van der Waals surface area contributed by atoms with Crippen molar-refractivity contribution in [1.82, 2.24) is 0 Å². The summed E-state index contributed by atoms with van der Waals surface area (Å²) in [5, 5.41) is 0. The number of nitrogen functional groups attached to an aromatic ring is 2. The number of ether oxygens (including phenoxy) is 7. The molecule has 8 aromatic carbocycles. The van der Waals surface area contributed by atoms with E-state index in [1.54, 1.807) is 12.1 Å². The lowest BCUT2D eigenvalue weighted by atomic mass is 10.2. The van der Waals surface area contributed by atoms with Gasteiger partial charge in [0.25, 0.3) is 0 Å². The van der Waals surface area contributed by atoms with Crippen molar-refractivity contribution in [2.75, 3.05) is 11.5 Å². The van der Waals surface area contributed by atoms with Crippen molar-refractivity contribution in [3.05, 3.63) is 194 Å². The van der Waals surface area contributed by atoms with Gasteiger partial charge in [0, 0.05) is 12.1 Å². The van der Waals surface area contributed by atoms with E-state index in [4.69, 9.17) is 44.6 Å². The maximum Gasteiger partial charge on any atom is 0.170 e. The molecule has 0 amide bonds. The Morgan fingerprint density at radius 3 is 0.807 bits per heavy atom. The lowest BCUT2D eigenvalue weighted by molar-refractivity contribution is 0.418. The second kappa shape index (κ2) is 17.0. The number of nitrogens with two attached hydrogens (primary N) is 2. The Labute approximate surface area is 329 Å². The van der Waals surface area contributed by atoms with Crippen molar-refractivity contribution >= 4 is 11.4 Å². The van der Waals surface area contributed by atoms with Gasteiger partial charge in [0.05, 0.1) is 11.4 Å². The second-order valence-electron chi connectivity index (χ2n) is 12.6. The Hall–Kier alpha value is -8.04. The van der Waals surface area contributed by atoms with E-state index in [0.29, 0.717) is 91.9 Å². The third-order valence-electron chi connectivity index (χ3n) is 8.40. The Morgan fingerprint density at radius 1 is 0.211 bits per heavy atom. The summed E-state index contributed by atoms with van der Waals surface area (Å²) in [6.45, 7) is 0. The lowest BCUT2D eigenvalue weighted by Crippen LogP contribution is -1.94. The van der Waals surface area contributed by atoms with Crippen molar-refractivity contribution < 1.29 is 33.2 Å². The molecule has 280 valence electrons. The fourth-order valence-electron chi connectivity index (χ4n) is 5.64. The summed E-state index contributed by atoms with van der Waals surface area (Å²) in [5.41, 5.74) is 13.2. The van der Waals surface area contributed by atoms with Gasteiger partial charge >= 0.3 is 0 Å². The smallest absolute Gasteiger partial charge is 0.170 e. The van der Waals surface area contributed by atoms with Gasteiger partial charge in [0.2, 0.25) is 0 Å². The summed E-state index contributed by atoms with van der Waals surface area (Å²) in [7, 11) is 0.